The van der Waals surface area contributed by atoms with Crippen LogP contribution >= 0.6 is 0 Å². The fourth-order valence-electron chi connectivity index (χ4n) is 3.51. The molecule has 0 N–H and O–H groups in total. The molecule has 2 aliphatic heterocycles. The van der Waals surface area contributed by atoms with E-state index in [2.05, 4.69) is 0 Å². The van der Waals surface area contributed by atoms with Gasteiger partial charge in [0, 0.05) is 27.2 Å². The van der Waals surface area contributed by atoms with Crippen LogP contribution in [0.5, 0.6) is 0 Å². The largest absolute Gasteiger partial charge is 0.323 e. The number of amides is 4. The standard InChI is InChI=1S/C12H22N4O2/c1-7-15-9(17)13(5)11(3)12(15,4)16(8-2)10(18)14(11)6/h7-8H2,1-6H3. The average Bonchev–Trinajstić information content (AvgIpc) is 2.58. The highest BCUT2D eigenvalue weighted by atomic mass is 16.2. The van der Waals surface area contributed by atoms with Crippen molar-refractivity contribution in [3.8, 4) is 0 Å². The summed E-state index contributed by atoms with van der Waals surface area (Å²) in [7, 11) is 3.53. The molecule has 6 heteroatoms. The van der Waals surface area contributed by atoms with E-state index < -0.39 is 11.3 Å². The van der Waals surface area contributed by atoms with Crippen molar-refractivity contribution in [2.24, 2.45) is 0 Å². The zero-order valence-electron chi connectivity index (χ0n) is 12.0. The second kappa shape index (κ2) is 3.52. The molecule has 0 aromatic heterocycles. The molecule has 0 aromatic rings. The van der Waals surface area contributed by atoms with Crippen LogP contribution in [0.1, 0.15) is 27.7 Å². The molecule has 0 atom stereocenters. The second-order valence-corrected chi connectivity index (χ2v) is 5.21. The third kappa shape index (κ3) is 1.00. The molecular formula is C12H22N4O2. The van der Waals surface area contributed by atoms with E-state index in [1.807, 2.05) is 27.7 Å². The summed E-state index contributed by atoms with van der Waals surface area (Å²) >= 11 is 0. The summed E-state index contributed by atoms with van der Waals surface area (Å²) < 4.78 is 0. The maximum Gasteiger partial charge on any atom is 0.323 e. The summed E-state index contributed by atoms with van der Waals surface area (Å²) in [5, 5.41) is 0. The van der Waals surface area contributed by atoms with Gasteiger partial charge in [-0.25, -0.2) is 9.59 Å². The summed E-state index contributed by atoms with van der Waals surface area (Å²) in [5.41, 5.74) is -1.25. The van der Waals surface area contributed by atoms with Crippen LogP contribution in [0.2, 0.25) is 0 Å². The molecule has 0 saturated carbocycles. The number of urea groups is 2. The van der Waals surface area contributed by atoms with Crippen molar-refractivity contribution in [3.63, 3.8) is 0 Å². The molecule has 0 bridgehead atoms. The molecule has 4 amide bonds. The van der Waals surface area contributed by atoms with Crippen molar-refractivity contribution in [1.29, 1.82) is 0 Å². The van der Waals surface area contributed by atoms with Crippen molar-refractivity contribution in [2.75, 3.05) is 27.2 Å². The Balaban J connectivity index is 2.65. The third-order valence-corrected chi connectivity index (χ3v) is 4.92. The number of likely N-dealkylation sites (N-methyl/N-ethyl adjacent to an activating group) is 4. The van der Waals surface area contributed by atoms with Gasteiger partial charge in [0.25, 0.3) is 0 Å². The molecule has 0 spiro atoms. The Morgan fingerprint density at radius 3 is 1.44 bits per heavy atom. The van der Waals surface area contributed by atoms with Crippen LogP contribution in [-0.2, 0) is 0 Å². The molecular weight excluding hydrogens is 232 g/mol. The average molecular weight is 254 g/mol. The van der Waals surface area contributed by atoms with E-state index >= 15 is 0 Å². The molecule has 2 aliphatic rings. The second-order valence-electron chi connectivity index (χ2n) is 5.21. The lowest BCUT2D eigenvalue weighted by molar-refractivity contribution is -0.0230. The van der Waals surface area contributed by atoms with Crippen molar-refractivity contribution in [2.45, 2.75) is 39.0 Å². The van der Waals surface area contributed by atoms with Crippen molar-refractivity contribution in [1.82, 2.24) is 19.6 Å². The highest BCUT2D eigenvalue weighted by Gasteiger charge is 2.71. The van der Waals surface area contributed by atoms with Crippen LogP contribution in [0.25, 0.3) is 0 Å². The van der Waals surface area contributed by atoms with Gasteiger partial charge >= 0.3 is 12.1 Å². The number of carbonyl (C=O) groups excluding carboxylic acids is 2. The summed E-state index contributed by atoms with van der Waals surface area (Å²) in [4.78, 5) is 31.6. The Kier molecular flexibility index (Phi) is 2.54. The zero-order valence-corrected chi connectivity index (χ0v) is 12.0. The first-order valence-corrected chi connectivity index (χ1v) is 6.39. The lowest BCUT2D eigenvalue weighted by atomic mass is 9.95. The summed E-state index contributed by atoms with van der Waals surface area (Å²) in [6.45, 7) is 9.00. The van der Waals surface area contributed by atoms with E-state index in [9.17, 15) is 9.59 Å². The fraction of sp³-hybridized carbons (Fsp3) is 0.833. The van der Waals surface area contributed by atoms with Gasteiger partial charge in [-0.15, -0.1) is 0 Å². The zero-order chi connectivity index (χ0) is 13.9. The Hall–Kier alpha value is -1.46. The van der Waals surface area contributed by atoms with Crippen LogP contribution < -0.4 is 0 Å². The molecule has 6 nitrogen and oxygen atoms in total. The minimum Gasteiger partial charge on any atom is -0.300 e. The lowest BCUT2D eigenvalue weighted by Crippen LogP contribution is -2.63. The number of hydrogen-bond donors (Lipinski definition) is 0. The van der Waals surface area contributed by atoms with E-state index in [1.54, 1.807) is 33.7 Å². The predicted molar refractivity (Wildman–Crippen MR) is 67.9 cm³/mol. The maximum absolute atomic E-state index is 12.4. The van der Waals surface area contributed by atoms with Gasteiger partial charge in [-0.3, -0.25) is 9.80 Å². The van der Waals surface area contributed by atoms with Crippen LogP contribution in [0.3, 0.4) is 0 Å². The monoisotopic (exact) mass is 254 g/mol. The third-order valence-electron chi connectivity index (χ3n) is 4.92. The van der Waals surface area contributed by atoms with Gasteiger partial charge in [-0.2, -0.15) is 0 Å². The molecule has 0 unspecified atom stereocenters. The van der Waals surface area contributed by atoms with Gasteiger partial charge in [0.05, 0.1) is 0 Å². The van der Waals surface area contributed by atoms with Gasteiger partial charge in [0.1, 0.15) is 0 Å². The Bertz CT molecular complexity index is 379. The Morgan fingerprint density at radius 1 is 0.833 bits per heavy atom. The van der Waals surface area contributed by atoms with Gasteiger partial charge in [-0.05, 0) is 27.7 Å². The molecule has 2 fully saturated rings. The minimum atomic E-state index is -0.632. The molecule has 0 aromatic carbocycles. The van der Waals surface area contributed by atoms with Gasteiger partial charge in [0.2, 0.25) is 0 Å². The maximum atomic E-state index is 12.4. The van der Waals surface area contributed by atoms with Crippen molar-refractivity contribution in [3.05, 3.63) is 0 Å². The SMILES string of the molecule is CCN1C(=O)N(C)C2(C)N(C)C(=O)N(CC)C12C. The highest BCUT2D eigenvalue weighted by Crippen LogP contribution is 2.49. The van der Waals surface area contributed by atoms with Crippen LogP contribution in [-0.4, -0.2) is 70.2 Å². The first-order valence-electron chi connectivity index (χ1n) is 6.39. The van der Waals surface area contributed by atoms with Gasteiger partial charge < -0.3 is 9.80 Å². The molecule has 0 radical (unpaired) electrons. The molecule has 18 heavy (non-hydrogen) atoms. The quantitative estimate of drug-likeness (QED) is 0.743. The molecule has 0 aliphatic carbocycles. The van der Waals surface area contributed by atoms with Gasteiger partial charge in [-0.1, -0.05) is 0 Å². The smallest absolute Gasteiger partial charge is 0.300 e. The lowest BCUT2D eigenvalue weighted by Gasteiger charge is -2.44. The first-order chi connectivity index (χ1) is 8.28. The first kappa shape index (κ1) is 13.0. The summed E-state index contributed by atoms with van der Waals surface area (Å²) in [6.07, 6.45) is 0. The predicted octanol–water partition coefficient (Wildman–Crippen LogP) is 1.19. The summed E-state index contributed by atoms with van der Waals surface area (Å²) in [6, 6.07) is -0.0550. The van der Waals surface area contributed by atoms with Crippen LogP contribution in [0.15, 0.2) is 0 Å². The topological polar surface area (TPSA) is 47.1 Å². The number of fused-ring (bicyclic) bond motifs is 1. The van der Waals surface area contributed by atoms with E-state index in [-0.39, 0.29) is 12.1 Å². The minimum absolute atomic E-state index is 0.0275. The van der Waals surface area contributed by atoms with Crippen LogP contribution in [0, 0.1) is 0 Å². The summed E-state index contributed by atoms with van der Waals surface area (Å²) in [5.74, 6) is 0. The molecule has 2 heterocycles. The van der Waals surface area contributed by atoms with Crippen molar-refractivity contribution < 1.29 is 9.59 Å². The highest BCUT2D eigenvalue weighted by molar-refractivity contribution is 5.87. The normalized spacial score (nSPS) is 35.9. The van der Waals surface area contributed by atoms with E-state index in [0.29, 0.717) is 13.1 Å². The van der Waals surface area contributed by atoms with E-state index in [0.717, 1.165) is 0 Å². The molecule has 2 saturated heterocycles. The van der Waals surface area contributed by atoms with Crippen molar-refractivity contribution >= 4 is 12.1 Å². The van der Waals surface area contributed by atoms with E-state index in [4.69, 9.17) is 0 Å². The molecule has 102 valence electrons. The number of carbonyl (C=O) groups is 2. The number of nitrogens with zero attached hydrogens (tertiary/aromatic N) is 4. The molecule has 2 rings (SSSR count). The van der Waals surface area contributed by atoms with E-state index in [1.165, 1.54) is 0 Å². The Morgan fingerprint density at radius 2 is 1.17 bits per heavy atom. The fourth-order valence-corrected chi connectivity index (χ4v) is 3.51. The number of hydrogen-bond acceptors (Lipinski definition) is 2. The number of rotatable bonds is 2. The van der Waals surface area contributed by atoms with Crippen LogP contribution in [0.4, 0.5) is 9.59 Å². The Labute approximate surface area is 108 Å². The van der Waals surface area contributed by atoms with Gasteiger partial charge in [0.15, 0.2) is 11.3 Å².